The van der Waals surface area contributed by atoms with Gasteiger partial charge in [-0.2, -0.15) is 4.98 Å². The second kappa shape index (κ2) is 13.7. The fourth-order valence-corrected chi connectivity index (χ4v) is 5.84. The Morgan fingerprint density at radius 2 is 1.73 bits per heavy atom. The Hall–Kier alpha value is -4.44. The minimum atomic E-state index is -0.577. The maximum Gasteiger partial charge on any atom is 0.255 e. The summed E-state index contributed by atoms with van der Waals surface area (Å²) in [5, 5.41) is 11.8. The fraction of sp³-hybridized carbons (Fsp3) is 0.343. The van der Waals surface area contributed by atoms with Crippen molar-refractivity contribution in [3.63, 3.8) is 0 Å². The molecule has 1 aliphatic rings. The van der Waals surface area contributed by atoms with Gasteiger partial charge in [0.05, 0.1) is 25.5 Å². The van der Waals surface area contributed by atoms with E-state index in [-0.39, 0.29) is 11.3 Å². The first kappa shape index (κ1) is 32.0. The molecular formula is C35H41N5O4S. The Bertz CT molecular complexity index is 1690. The molecule has 0 radical (unpaired) electrons. The zero-order valence-corrected chi connectivity index (χ0v) is 27.7. The predicted molar refractivity (Wildman–Crippen MR) is 180 cm³/mol. The van der Waals surface area contributed by atoms with E-state index in [1.807, 2.05) is 49.4 Å². The summed E-state index contributed by atoms with van der Waals surface area (Å²) >= 11 is 1.58. The summed E-state index contributed by atoms with van der Waals surface area (Å²) < 4.78 is 19.3. The highest BCUT2D eigenvalue weighted by atomic mass is 32.2. The predicted octanol–water partition coefficient (Wildman–Crippen LogP) is 7.60. The smallest absolute Gasteiger partial charge is 0.255 e. The van der Waals surface area contributed by atoms with Gasteiger partial charge in [-0.15, -0.1) is 5.10 Å². The number of anilines is 2. The number of thioether (sulfide) groups is 1. The van der Waals surface area contributed by atoms with Crippen molar-refractivity contribution in [3.05, 3.63) is 94.7 Å². The van der Waals surface area contributed by atoms with E-state index in [2.05, 4.69) is 62.6 Å². The van der Waals surface area contributed by atoms with Gasteiger partial charge in [0.15, 0.2) is 11.5 Å². The summed E-state index contributed by atoms with van der Waals surface area (Å²) in [6.07, 6.45) is 0.995. The Morgan fingerprint density at radius 3 is 2.42 bits per heavy atom. The number of carbonyl (C=O) groups excluding carboxylic acids is 1. The summed E-state index contributed by atoms with van der Waals surface area (Å²) in [5.41, 5.74) is 4.97. The van der Waals surface area contributed by atoms with Crippen molar-refractivity contribution in [2.75, 3.05) is 30.6 Å². The molecule has 45 heavy (non-hydrogen) atoms. The Kier molecular flexibility index (Phi) is 9.72. The van der Waals surface area contributed by atoms with Gasteiger partial charge in [-0.3, -0.25) is 4.79 Å². The van der Waals surface area contributed by atoms with Crippen molar-refractivity contribution in [3.8, 4) is 17.2 Å². The molecular weight excluding hydrogens is 586 g/mol. The molecule has 0 saturated heterocycles. The Balaban J connectivity index is 1.48. The highest BCUT2D eigenvalue weighted by Gasteiger charge is 2.35. The molecule has 1 aromatic heterocycles. The third-order valence-corrected chi connectivity index (χ3v) is 8.63. The molecule has 1 unspecified atom stereocenters. The topological polar surface area (TPSA) is 99.5 Å². The Morgan fingerprint density at radius 1 is 1.00 bits per heavy atom. The molecule has 4 aromatic rings. The van der Waals surface area contributed by atoms with Crippen LogP contribution in [-0.2, 0) is 16.8 Å². The van der Waals surface area contributed by atoms with Crippen LogP contribution in [-0.4, -0.2) is 40.6 Å². The zero-order chi connectivity index (χ0) is 32.1. The number of benzene rings is 3. The van der Waals surface area contributed by atoms with Crippen LogP contribution in [0.3, 0.4) is 0 Å². The van der Waals surface area contributed by atoms with Crippen molar-refractivity contribution in [1.29, 1.82) is 0 Å². The van der Waals surface area contributed by atoms with Crippen LogP contribution >= 0.6 is 11.8 Å². The first-order valence-corrected chi connectivity index (χ1v) is 16.0. The van der Waals surface area contributed by atoms with Crippen molar-refractivity contribution >= 4 is 29.3 Å². The molecule has 2 heterocycles. The second-order valence-electron chi connectivity index (χ2n) is 11.9. The lowest BCUT2D eigenvalue weighted by Gasteiger charge is -2.29. The number of amides is 1. The monoisotopic (exact) mass is 627 g/mol. The number of carbonyl (C=O) groups is 1. The van der Waals surface area contributed by atoms with Gasteiger partial charge < -0.3 is 24.8 Å². The largest absolute Gasteiger partial charge is 0.495 e. The minimum absolute atomic E-state index is 0.0855. The van der Waals surface area contributed by atoms with E-state index in [4.69, 9.17) is 24.3 Å². The van der Waals surface area contributed by atoms with Crippen LogP contribution in [0.15, 0.2) is 83.2 Å². The van der Waals surface area contributed by atoms with Gasteiger partial charge in [-0.05, 0) is 59.7 Å². The second-order valence-corrected chi connectivity index (χ2v) is 12.9. The van der Waals surface area contributed by atoms with Crippen LogP contribution in [0.1, 0.15) is 63.8 Å². The van der Waals surface area contributed by atoms with E-state index in [0.29, 0.717) is 51.9 Å². The van der Waals surface area contributed by atoms with E-state index in [9.17, 15) is 4.79 Å². The van der Waals surface area contributed by atoms with Crippen molar-refractivity contribution in [1.82, 2.24) is 14.8 Å². The number of allylic oxidation sites excluding steroid dienone is 1. The van der Waals surface area contributed by atoms with Crippen LogP contribution in [0.2, 0.25) is 0 Å². The SMILES string of the molecule is CCCSc1nc2n(n1)C(c1ccc(OCc3ccc(C(C)(C)C)cc3)c(OC)c1)C(C(=O)Nc1ccccc1OC)=C(C)N2. The van der Waals surface area contributed by atoms with Crippen LogP contribution in [0.4, 0.5) is 11.6 Å². The van der Waals surface area contributed by atoms with Crippen molar-refractivity contribution in [2.24, 2.45) is 0 Å². The first-order chi connectivity index (χ1) is 21.6. The summed E-state index contributed by atoms with van der Waals surface area (Å²) in [6, 6.07) is 21.0. The average molecular weight is 628 g/mol. The molecule has 1 amide bonds. The lowest BCUT2D eigenvalue weighted by atomic mass is 9.87. The first-order valence-electron chi connectivity index (χ1n) is 15.0. The number of methoxy groups -OCH3 is 2. The Labute approximate surface area is 269 Å². The molecule has 1 aliphatic heterocycles. The average Bonchev–Trinajstić information content (AvgIpc) is 3.44. The van der Waals surface area contributed by atoms with Gasteiger partial charge in [0, 0.05) is 11.4 Å². The summed E-state index contributed by atoms with van der Waals surface area (Å²) in [5.74, 6) is 2.91. The van der Waals surface area contributed by atoms with Crippen LogP contribution in [0.25, 0.3) is 0 Å². The number of nitrogens with zero attached hydrogens (tertiary/aromatic N) is 3. The molecule has 0 fully saturated rings. The minimum Gasteiger partial charge on any atom is -0.495 e. The number of hydrogen-bond acceptors (Lipinski definition) is 8. The van der Waals surface area contributed by atoms with Gasteiger partial charge >= 0.3 is 0 Å². The van der Waals surface area contributed by atoms with Crippen molar-refractivity contribution < 1.29 is 19.0 Å². The maximum absolute atomic E-state index is 14.0. The molecule has 9 nitrogen and oxygen atoms in total. The normalized spacial score (nSPS) is 14.4. The number of ether oxygens (including phenoxy) is 3. The molecule has 1 atom stereocenters. The molecule has 0 saturated carbocycles. The van der Waals surface area contributed by atoms with Crippen LogP contribution < -0.4 is 24.8 Å². The number of rotatable bonds is 11. The lowest BCUT2D eigenvalue weighted by molar-refractivity contribution is -0.113. The summed E-state index contributed by atoms with van der Waals surface area (Å²) in [6.45, 7) is 11.0. The molecule has 0 bridgehead atoms. The third kappa shape index (κ3) is 7.12. The van der Waals surface area contributed by atoms with E-state index < -0.39 is 6.04 Å². The molecule has 0 spiro atoms. The standard InChI is InChI=1S/C35H41N5O4S/c1-8-19-45-34-38-33-36-22(2)30(32(41)37-26-11-9-10-12-27(26)42-6)31(40(33)39-34)24-15-18-28(29(20-24)43-7)44-21-23-13-16-25(17-14-23)35(3,4)5/h9-18,20,31H,8,19,21H2,1-7H3,(H,37,41)(H,36,38,39). The maximum atomic E-state index is 14.0. The van der Waals surface area contributed by atoms with Crippen LogP contribution in [0, 0.1) is 0 Å². The highest BCUT2D eigenvalue weighted by molar-refractivity contribution is 7.99. The van der Waals surface area contributed by atoms with Gasteiger partial charge in [-0.25, -0.2) is 4.68 Å². The summed E-state index contributed by atoms with van der Waals surface area (Å²) in [7, 11) is 3.19. The number of nitrogens with one attached hydrogen (secondary N) is 2. The zero-order valence-electron chi connectivity index (χ0n) is 26.9. The molecule has 2 N–H and O–H groups in total. The van der Waals surface area contributed by atoms with Crippen LogP contribution in [0.5, 0.6) is 17.2 Å². The van der Waals surface area contributed by atoms with E-state index in [1.54, 1.807) is 30.7 Å². The summed E-state index contributed by atoms with van der Waals surface area (Å²) in [4.78, 5) is 18.7. The van der Waals surface area contributed by atoms with Gasteiger partial charge in [0.25, 0.3) is 5.91 Å². The van der Waals surface area contributed by atoms with Crippen molar-refractivity contribution in [2.45, 2.75) is 64.3 Å². The highest BCUT2D eigenvalue weighted by Crippen LogP contribution is 2.40. The number of fused-ring (bicyclic) bond motifs is 1. The number of para-hydroxylation sites is 2. The molecule has 5 rings (SSSR count). The number of hydrogen-bond donors (Lipinski definition) is 2. The molecule has 236 valence electrons. The van der Waals surface area contributed by atoms with Gasteiger partial charge in [0.1, 0.15) is 18.4 Å². The molecule has 0 aliphatic carbocycles. The van der Waals surface area contributed by atoms with Gasteiger partial charge in [0.2, 0.25) is 11.1 Å². The van der Waals surface area contributed by atoms with E-state index in [1.165, 1.54) is 5.56 Å². The van der Waals surface area contributed by atoms with E-state index >= 15 is 0 Å². The lowest BCUT2D eigenvalue weighted by Crippen LogP contribution is -2.31. The fourth-order valence-electron chi connectivity index (χ4n) is 5.16. The van der Waals surface area contributed by atoms with Gasteiger partial charge in [-0.1, -0.05) is 81.9 Å². The van der Waals surface area contributed by atoms with E-state index in [0.717, 1.165) is 23.3 Å². The molecule has 10 heteroatoms. The quantitative estimate of drug-likeness (QED) is 0.164. The number of aromatic nitrogens is 3. The molecule has 3 aromatic carbocycles. The third-order valence-electron chi connectivity index (χ3n) is 7.59.